The van der Waals surface area contributed by atoms with Crippen molar-refractivity contribution in [2.24, 2.45) is 0 Å². The predicted octanol–water partition coefficient (Wildman–Crippen LogP) is 3.45. The highest BCUT2D eigenvalue weighted by Gasteiger charge is 2.08. The monoisotopic (exact) mass is 277 g/mol. The number of hydrogen-bond acceptors (Lipinski definition) is 4. The highest BCUT2D eigenvalue weighted by molar-refractivity contribution is 6.29. The quantitative estimate of drug-likeness (QED) is 0.851. The summed E-state index contributed by atoms with van der Waals surface area (Å²) < 4.78 is 5.02. The second-order valence-corrected chi connectivity index (χ2v) is 4.59. The Morgan fingerprint density at radius 1 is 1.26 bits per heavy atom. The van der Waals surface area contributed by atoms with Crippen LogP contribution in [0.1, 0.15) is 24.4 Å². The molecular weight excluding hydrogens is 262 g/mol. The van der Waals surface area contributed by atoms with Gasteiger partial charge in [0.25, 0.3) is 0 Å². The Hall–Kier alpha value is -1.65. The average Bonchev–Trinajstić information content (AvgIpc) is 2.39. The first kappa shape index (κ1) is 13.8. The van der Waals surface area contributed by atoms with Gasteiger partial charge in [-0.3, -0.25) is 0 Å². The summed E-state index contributed by atoms with van der Waals surface area (Å²) >= 11 is 5.97. The van der Waals surface area contributed by atoms with Crippen LogP contribution in [0.5, 0.6) is 0 Å². The zero-order chi connectivity index (χ0) is 13.7. The van der Waals surface area contributed by atoms with Crippen molar-refractivity contribution in [3.05, 3.63) is 52.9 Å². The van der Waals surface area contributed by atoms with Gasteiger partial charge in [-0.15, -0.1) is 0 Å². The first-order valence-electron chi connectivity index (χ1n) is 6.03. The molecule has 5 heteroatoms. The largest absolute Gasteiger partial charge is 0.377 e. The molecule has 0 aliphatic carbocycles. The van der Waals surface area contributed by atoms with E-state index in [1.165, 1.54) is 5.56 Å². The Morgan fingerprint density at radius 3 is 2.68 bits per heavy atom. The van der Waals surface area contributed by atoms with Crippen molar-refractivity contribution in [1.82, 2.24) is 9.97 Å². The second kappa shape index (κ2) is 6.50. The van der Waals surface area contributed by atoms with Gasteiger partial charge in [0.1, 0.15) is 17.6 Å². The molecule has 1 N–H and O–H groups in total. The lowest BCUT2D eigenvalue weighted by Crippen LogP contribution is -2.09. The molecule has 0 aliphatic rings. The van der Waals surface area contributed by atoms with Crippen LogP contribution in [0.2, 0.25) is 5.15 Å². The molecule has 1 aromatic carbocycles. The molecule has 1 unspecified atom stereocenters. The summed E-state index contributed by atoms with van der Waals surface area (Å²) in [5, 5.41) is 3.71. The zero-order valence-corrected chi connectivity index (χ0v) is 11.7. The van der Waals surface area contributed by atoms with E-state index in [0.717, 1.165) is 0 Å². The molecule has 1 heterocycles. The molecule has 0 amide bonds. The molecule has 1 aromatic heterocycles. The van der Waals surface area contributed by atoms with Gasteiger partial charge >= 0.3 is 0 Å². The lowest BCUT2D eigenvalue weighted by Gasteiger charge is -2.15. The Balaban J connectivity index is 2.14. The molecule has 2 rings (SSSR count). The maximum absolute atomic E-state index is 5.97. The molecule has 100 valence electrons. The number of aromatic nitrogens is 2. The molecule has 0 aliphatic heterocycles. The summed E-state index contributed by atoms with van der Waals surface area (Å²) in [5.41, 5.74) is 1.19. The van der Waals surface area contributed by atoms with E-state index in [1.54, 1.807) is 13.2 Å². The van der Waals surface area contributed by atoms with Crippen LogP contribution in [0.15, 0.2) is 36.4 Å². The van der Waals surface area contributed by atoms with Crippen LogP contribution in [-0.4, -0.2) is 17.1 Å². The van der Waals surface area contributed by atoms with E-state index in [4.69, 9.17) is 16.3 Å². The minimum atomic E-state index is 0.141. The number of methoxy groups -OCH3 is 1. The first-order chi connectivity index (χ1) is 9.19. The van der Waals surface area contributed by atoms with E-state index in [9.17, 15) is 0 Å². The van der Waals surface area contributed by atoms with Crippen molar-refractivity contribution in [3.8, 4) is 0 Å². The topological polar surface area (TPSA) is 47.0 Å². The van der Waals surface area contributed by atoms with Crippen LogP contribution in [0.3, 0.4) is 0 Å². The van der Waals surface area contributed by atoms with Gasteiger partial charge in [-0.2, -0.15) is 0 Å². The highest BCUT2D eigenvalue weighted by atomic mass is 35.5. The number of halogens is 1. The molecule has 0 fully saturated rings. The standard InChI is InChI=1S/C14H16ClN3O/c1-10(11-6-4-3-5-7-11)16-13-8-12(15)17-14(18-13)9-19-2/h3-8,10H,9H2,1-2H3,(H,16,17,18). The second-order valence-electron chi connectivity index (χ2n) is 4.20. The lowest BCUT2D eigenvalue weighted by molar-refractivity contribution is 0.178. The summed E-state index contributed by atoms with van der Waals surface area (Å²) in [6.07, 6.45) is 0. The maximum Gasteiger partial charge on any atom is 0.158 e. The number of benzene rings is 1. The van der Waals surface area contributed by atoms with Crippen LogP contribution in [0.25, 0.3) is 0 Å². The fraction of sp³-hybridized carbons (Fsp3) is 0.286. The third-order valence-corrected chi connectivity index (χ3v) is 2.87. The van der Waals surface area contributed by atoms with Gasteiger partial charge in [-0.1, -0.05) is 41.9 Å². The van der Waals surface area contributed by atoms with Crippen molar-refractivity contribution < 1.29 is 4.74 Å². The molecule has 4 nitrogen and oxygen atoms in total. The van der Waals surface area contributed by atoms with Gasteiger partial charge in [0, 0.05) is 19.2 Å². The summed E-state index contributed by atoms with van der Waals surface area (Å²) in [6, 6.07) is 12.0. The Labute approximate surface area is 117 Å². The van der Waals surface area contributed by atoms with Crippen molar-refractivity contribution in [3.63, 3.8) is 0 Å². The van der Waals surface area contributed by atoms with Gasteiger partial charge in [-0.25, -0.2) is 9.97 Å². The van der Waals surface area contributed by atoms with Crippen molar-refractivity contribution >= 4 is 17.4 Å². The van der Waals surface area contributed by atoms with Gasteiger partial charge in [0.2, 0.25) is 0 Å². The molecule has 0 bridgehead atoms. The minimum absolute atomic E-state index is 0.141. The molecule has 19 heavy (non-hydrogen) atoms. The van der Waals surface area contributed by atoms with E-state index < -0.39 is 0 Å². The zero-order valence-electron chi connectivity index (χ0n) is 10.9. The van der Waals surface area contributed by atoms with E-state index in [0.29, 0.717) is 23.4 Å². The van der Waals surface area contributed by atoms with Gasteiger partial charge in [0.05, 0.1) is 0 Å². The number of anilines is 1. The van der Waals surface area contributed by atoms with Crippen LogP contribution in [-0.2, 0) is 11.3 Å². The van der Waals surface area contributed by atoms with E-state index in [2.05, 4.69) is 34.3 Å². The van der Waals surface area contributed by atoms with E-state index in [1.807, 2.05) is 18.2 Å². The third-order valence-electron chi connectivity index (χ3n) is 2.68. The fourth-order valence-corrected chi connectivity index (χ4v) is 1.98. The number of rotatable bonds is 5. The Kier molecular flexibility index (Phi) is 4.71. The molecule has 2 aromatic rings. The molecule has 0 radical (unpaired) electrons. The molecule has 0 spiro atoms. The van der Waals surface area contributed by atoms with Crippen molar-refractivity contribution in [1.29, 1.82) is 0 Å². The summed E-state index contributed by atoms with van der Waals surface area (Å²) in [6.45, 7) is 2.41. The number of hydrogen-bond donors (Lipinski definition) is 1. The number of ether oxygens (including phenoxy) is 1. The number of nitrogens with one attached hydrogen (secondary N) is 1. The molecular formula is C14H16ClN3O. The summed E-state index contributed by atoms with van der Waals surface area (Å²) in [4.78, 5) is 8.45. The maximum atomic E-state index is 5.97. The smallest absolute Gasteiger partial charge is 0.158 e. The molecule has 0 saturated heterocycles. The van der Waals surface area contributed by atoms with E-state index in [-0.39, 0.29) is 6.04 Å². The molecule has 0 saturated carbocycles. The fourth-order valence-electron chi connectivity index (χ4n) is 1.78. The van der Waals surface area contributed by atoms with Crippen LogP contribution < -0.4 is 5.32 Å². The third kappa shape index (κ3) is 3.91. The lowest BCUT2D eigenvalue weighted by atomic mass is 10.1. The highest BCUT2D eigenvalue weighted by Crippen LogP contribution is 2.19. The summed E-state index contributed by atoms with van der Waals surface area (Å²) in [7, 11) is 1.60. The minimum Gasteiger partial charge on any atom is -0.377 e. The van der Waals surface area contributed by atoms with Crippen molar-refractivity contribution in [2.45, 2.75) is 19.6 Å². The van der Waals surface area contributed by atoms with Crippen molar-refractivity contribution in [2.75, 3.05) is 12.4 Å². The van der Waals surface area contributed by atoms with E-state index >= 15 is 0 Å². The average molecular weight is 278 g/mol. The Bertz CT molecular complexity index is 533. The van der Waals surface area contributed by atoms with Gasteiger partial charge in [-0.05, 0) is 12.5 Å². The van der Waals surface area contributed by atoms with Gasteiger partial charge < -0.3 is 10.1 Å². The van der Waals surface area contributed by atoms with Crippen LogP contribution in [0.4, 0.5) is 5.82 Å². The predicted molar refractivity (Wildman–Crippen MR) is 76.2 cm³/mol. The van der Waals surface area contributed by atoms with Crippen LogP contribution >= 0.6 is 11.6 Å². The SMILES string of the molecule is COCc1nc(Cl)cc(NC(C)c2ccccc2)n1. The summed E-state index contributed by atoms with van der Waals surface area (Å²) in [5.74, 6) is 1.26. The molecule has 1 atom stereocenters. The first-order valence-corrected chi connectivity index (χ1v) is 6.40. The normalized spacial score (nSPS) is 12.2. The number of nitrogens with zero attached hydrogens (tertiary/aromatic N) is 2. The Morgan fingerprint density at radius 2 is 2.00 bits per heavy atom. The van der Waals surface area contributed by atoms with Crippen LogP contribution in [0, 0.1) is 0 Å². The van der Waals surface area contributed by atoms with Gasteiger partial charge in [0.15, 0.2) is 5.82 Å².